The number of carbonyl (C=O) groups excluding carboxylic acids is 1. The first-order valence-corrected chi connectivity index (χ1v) is 9.93. The average molecular weight is 407 g/mol. The predicted octanol–water partition coefficient (Wildman–Crippen LogP) is 4.81. The Bertz CT molecular complexity index is 973. The van der Waals surface area contributed by atoms with Crippen molar-refractivity contribution in [3.8, 4) is 5.75 Å². The van der Waals surface area contributed by atoms with Crippen molar-refractivity contribution < 1.29 is 18.3 Å². The first kappa shape index (κ1) is 20.2. The van der Waals surface area contributed by atoms with E-state index in [1.54, 1.807) is 31.4 Å². The van der Waals surface area contributed by atoms with E-state index in [1.807, 2.05) is 24.3 Å². The number of para-hydroxylation sites is 1. The molecular weight excluding hydrogens is 384 g/mol. The summed E-state index contributed by atoms with van der Waals surface area (Å²) in [5, 5.41) is 0. The van der Waals surface area contributed by atoms with Crippen LogP contribution in [0.25, 0.3) is 0 Å². The van der Waals surface area contributed by atoms with E-state index in [1.165, 1.54) is 24.3 Å². The molecule has 1 unspecified atom stereocenters. The molecule has 1 heterocycles. The summed E-state index contributed by atoms with van der Waals surface area (Å²) in [6.07, 6.45) is 0. The van der Waals surface area contributed by atoms with Crippen molar-refractivity contribution in [3.05, 3.63) is 101 Å². The van der Waals surface area contributed by atoms with Crippen LogP contribution in [0.5, 0.6) is 5.75 Å². The van der Waals surface area contributed by atoms with Crippen molar-refractivity contribution in [1.29, 1.82) is 0 Å². The number of carbonyl (C=O) groups is 1. The van der Waals surface area contributed by atoms with Crippen LogP contribution in [0.4, 0.5) is 8.78 Å². The van der Waals surface area contributed by atoms with E-state index in [0.717, 1.165) is 22.4 Å². The first-order chi connectivity index (χ1) is 14.5. The van der Waals surface area contributed by atoms with Crippen molar-refractivity contribution in [3.63, 3.8) is 0 Å². The fourth-order valence-electron chi connectivity index (χ4n) is 4.27. The fourth-order valence-corrected chi connectivity index (χ4v) is 4.27. The number of likely N-dealkylation sites (tertiary alicyclic amines) is 1. The highest BCUT2D eigenvalue weighted by molar-refractivity contribution is 5.86. The number of Topliss-reactive ketones (excluding diaryl/α,β-unsaturated/α-hetero) is 1. The average Bonchev–Trinajstić information content (AvgIpc) is 3.11. The zero-order valence-electron chi connectivity index (χ0n) is 16.7. The first-order valence-electron chi connectivity index (χ1n) is 9.93. The maximum Gasteiger partial charge on any atom is 0.152 e. The van der Waals surface area contributed by atoms with Crippen molar-refractivity contribution >= 4 is 5.78 Å². The molecule has 3 nitrogen and oxygen atoms in total. The second-order valence-corrected chi connectivity index (χ2v) is 7.64. The predicted molar refractivity (Wildman–Crippen MR) is 111 cm³/mol. The molecule has 1 aliphatic heterocycles. The number of hydrogen-bond acceptors (Lipinski definition) is 3. The second-order valence-electron chi connectivity index (χ2n) is 7.64. The summed E-state index contributed by atoms with van der Waals surface area (Å²) in [5.41, 5.74) is 2.72. The molecular formula is C25H23F2NO2. The van der Waals surface area contributed by atoms with E-state index >= 15 is 0 Å². The molecule has 1 atom stereocenters. The number of ketones is 1. The standard InChI is InChI=1S/C25H23F2NO2/c1-30-24-5-3-2-4-19(24)14-28-15-22(23(29)16-28)25(17-6-10-20(26)11-7-17)18-8-12-21(27)13-9-18/h2-13,22,25H,14-16H2,1H3. The minimum Gasteiger partial charge on any atom is -0.496 e. The van der Waals surface area contributed by atoms with Gasteiger partial charge in [-0.25, -0.2) is 8.78 Å². The molecule has 0 amide bonds. The second kappa shape index (κ2) is 8.76. The van der Waals surface area contributed by atoms with Crippen molar-refractivity contribution in [2.24, 2.45) is 5.92 Å². The molecule has 30 heavy (non-hydrogen) atoms. The Hall–Kier alpha value is -3.05. The molecule has 5 heteroatoms. The maximum atomic E-state index is 13.5. The third kappa shape index (κ3) is 4.26. The number of rotatable bonds is 6. The molecule has 3 aromatic carbocycles. The number of ether oxygens (including phenoxy) is 1. The SMILES string of the molecule is COc1ccccc1CN1CC(=O)C(C(c2ccc(F)cc2)c2ccc(F)cc2)C1. The van der Waals surface area contributed by atoms with Gasteiger partial charge in [0.2, 0.25) is 0 Å². The minimum atomic E-state index is -0.327. The molecule has 1 aliphatic rings. The molecule has 3 aromatic rings. The molecule has 0 N–H and O–H groups in total. The minimum absolute atomic E-state index is 0.128. The number of nitrogens with zero attached hydrogens (tertiary/aromatic N) is 1. The van der Waals surface area contributed by atoms with Crippen LogP contribution in [-0.2, 0) is 11.3 Å². The molecule has 1 saturated heterocycles. The molecule has 154 valence electrons. The number of benzene rings is 3. The van der Waals surface area contributed by atoms with E-state index < -0.39 is 0 Å². The van der Waals surface area contributed by atoms with Crippen LogP contribution >= 0.6 is 0 Å². The highest BCUT2D eigenvalue weighted by Crippen LogP contribution is 2.37. The third-order valence-corrected chi connectivity index (χ3v) is 5.69. The van der Waals surface area contributed by atoms with Gasteiger partial charge in [0.25, 0.3) is 0 Å². The Balaban J connectivity index is 1.63. The van der Waals surface area contributed by atoms with Gasteiger partial charge in [0.1, 0.15) is 17.4 Å². The Morgan fingerprint density at radius 2 is 1.50 bits per heavy atom. The Morgan fingerprint density at radius 3 is 2.07 bits per heavy atom. The van der Waals surface area contributed by atoms with E-state index in [0.29, 0.717) is 19.6 Å². The van der Waals surface area contributed by atoms with E-state index in [9.17, 15) is 13.6 Å². The molecule has 0 saturated carbocycles. The van der Waals surface area contributed by atoms with Gasteiger partial charge in [-0.15, -0.1) is 0 Å². The summed E-state index contributed by atoms with van der Waals surface area (Å²) in [5.74, 6) is -0.290. The van der Waals surface area contributed by atoms with E-state index in [2.05, 4.69) is 4.90 Å². The number of methoxy groups -OCH3 is 1. The van der Waals surface area contributed by atoms with Gasteiger partial charge in [0.05, 0.1) is 13.7 Å². The monoisotopic (exact) mass is 407 g/mol. The lowest BCUT2D eigenvalue weighted by Gasteiger charge is -2.24. The summed E-state index contributed by atoms with van der Waals surface area (Å²) < 4.78 is 32.4. The number of hydrogen-bond donors (Lipinski definition) is 0. The smallest absolute Gasteiger partial charge is 0.152 e. The molecule has 0 aliphatic carbocycles. The molecule has 1 fully saturated rings. The van der Waals surface area contributed by atoms with Gasteiger partial charge in [0.15, 0.2) is 5.78 Å². The van der Waals surface area contributed by atoms with Gasteiger partial charge in [-0.2, -0.15) is 0 Å². The largest absolute Gasteiger partial charge is 0.496 e. The number of halogens is 2. The summed E-state index contributed by atoms with van der Waals surface area (Å²) >= 11 is 0. The molecule has 0 bridgehead atoms. The van der Waals surface area contributed by atoms with E-state index in [-0.39, 0.29) is 29.3 Å². The van der Waals surface area contributed by atoms with Crippen molar-refractivity contribution in [2.75, 3.05) is 20.2 Å². The van der Waals surface area contributed by atoms with Crippen LogP contribution in [-0.4, -0.2) is 30.9 Å². The topological polar surface area (TPSA) is 29.5 Å². The molecule has 0 aromatic heterocycles. The maximum absolute atomic E-state index is 13.5. The summed E-state index contributed by atoms with van der Waals surface area (Å²) in [6.45, 7) is 1.50. The molecule has 0 spiro atoms. The van der Waals surface area contributed by atoms with Gasteiger partial charge in [0, 0.05) is 30.5 Å². The Labute approximate surface area is 174 Å². The third-order valence-electron chi connectivity index (χ3n) is 5.69. The molecule has 0 radical (unpaired) electrons. The van der Waals surface area contributed by atoms with Crippen molar-refractivity contribution in [1.82, 2.24) is 4.90 Å². The zero-order valence-corrected chi connectivity index (χ0v) is 16.7. The van der Waals surface area contributed by atoms with Crippen LogP contribution in [0.3, 0.4) is 0 Å². The van der Waals surface area contributed by atoms with Gasteiger partial charge in [-0.3, -0.25) is 9.69 Å². The normalized spacial score (nSPS) is 16.9. The fraction of sp³-hybridized carbons (Fsp3) is 0.240. The highest BCUT2D eigenvalue weighted by Gasteiger charge is 2.38. The van der Waals surface area contributed by atoms with Gasteiger partial charge >= 0.3 is 0 Å². The summed E-state index contributed by atoms with van der Waals surface area (Å²) in [7, 11) is 1.63. The Kier molecular flexibility index (Phi) is 5.91. The lowest BCUT2D eigenvalue weighted by atomic mass is 9.79. The van der Waals surface area contributed by atoms with Crippen LogP contribution in [0, 0.1) is 17.6 Å². The van der Waals surface area contributed by atoms with Gasteiger partial charge in [-0.1, -0.05) is 42.5 Å². The summed E-state index contributed by atoms with van der Waals surface area (Å²) in [6, 6.07) is 20.2. The van der Waals surface area contributed by atoms with Crippen LogP contribution in [0.1, 0.15) is 22.6 Å². The van der Waals surface area contributed by atoms with E-state index in [4.69, 9.17) is 4.74 Å². The molecule has 4 rings (SSSR count). The van der Waals surface area contributed by atoms with Crippen LogP contribution in [0.2, 0.25) is 0 Å². The lowest BCUT2D eigenvalue weighted by molar-refractivity contribution is -0.120. The van der Waals surface area contributed by atoms with Crippen molar-refractivity contribution in [2.45, 2.75) is 12.5 Å². The van der Waals surface area contributed by atoms with Gasteiger partial charge in [-0.05, 0) is 41.5 Å². The Morgan fingerprint density at radius 1 is 0.933 bits per heavy atom. The lowest BCUT2D eigenvalue weighted by Crippen LogP contribution is -2.23. The highest BCUT2D eigenvalue weighted by atomic mass is 19.1. The van der Waals surface area contributed by atoms with Crippen LogP contribution < -0.4 is 4.74 Å². The summed E-state index contributed by atoms with van der Waals surface area (Å²) in [4.78, 5) is 15.1. The van der Waals surface area contributed by atoms with Crippen LogP contribution in [0.15, 0.2) is 72.8 Å². The zero-order chi connectivity index (χ0) is 21.1. The van der Waals surface area contributed by atoms with Gasteiger partial charge < -0.3 is 4.74 Å². The quantitative estimate of drug-likeness (QED) is 0.588.